The molecule has 1 heterocycles. The highest BCUT2D eigenvalue weighted by Gasteiger charge is 2.59. The molecule has 0 aliphatic heterocycles. The first-order valence-electron chi connectivity index (χ1n) is 13.5. The quantitative estimate of drug-likeness (QED) is 0.649. The molecule has 0 saturated heterocycles. The van der Waals surface area contributed by atoms with E-state index < -0.39 is 12.3 Å². The molecule has 0 bridgehead atoms. The van der Waals surface area contributed by atoms with E-state index in [1.54, 1.807) is 11.8 Å². The van der Waals surface area contributed by atoms with Gasteiger partial charge >= 0.3 is 0 Å². The summed E-state index contributed by atoms with van der Waals surface area (Å²) in [4.78, 5) is 13.7. The Labute approximate surface area is 206 Å². The number of benzene rings is 1. The van der Waals surface area contributed by atoms with Crippen LogP contribution in [-0.4, -0.2) is 45.3 Å². The number of alkyl halides is 1. The molecule has 1 aromatic carbocycles. The van der Waals surface area contributed by atoms with Crippen molar-refractivity contribution in [3.8, 4) is 5.75 Å². The van der Waals surface area contributed by atoms with Crippen molar-refractivity contribution in [2.24, 2.45) is 40.9 Å². The summed E-state index contributed by atoms with van der Waals surface area (Å²) >= 11 is 0. The number of hydrogen-bond donors (Lipinski definition) is 1. The van der Waals surface area contributed by atoms with E-state index in [-0.39, 0.29) is 23.7 Å². The molecular weight excluding hydrogens is 445 g/mol. The second-order valence-electron chi connectivity index (χ2n) is 12.3. The van der Waals surface area contributed by atoms with Gasteiger partial charge in [-0.2, -0.15) is 0 Å². The number of Topliss-reactive ketones (excluding diaryl/α,β-unsaturated/α-hetero) is 1. The lowest BCUT2D eigenvalue weighted by Gasteiger charge is -2.56. The summed E-state index contributed by atoms with van der Waals surface area (Å²) in [5.41, 5.74) is 0.578. The zero-order valence-corrected chi connectivity index (χ0v) is 21.0. The Morgan fingerprint density at radius 3 is 2.77 bits per heavy atom. The molecule has 0 radical (unpaired) electrons. The third-order valence-corrected chi connectivity index (χ3v) is 10.8. The predicted molar refractivity (Wildman–Crippen MR) is 131 cm³/mol. The first-order valence-corrected chi connectivity index (χ1v) is 13.5. The second kappa shape index (κ2) is 8.53. The fourth-order valence-corrected chi connectivity index (χ4v) is 9.06. The topological polar surface area (TPSA) is 77.2 Å². The van der Waals surface area contributed by atoms with Crippen molar-refractivity contribution in [3.05, 3.63) is 18.2 Å². The number of carbonyl (C=O) groups is 1. The average molecular weight is 484 g/mol. The van der Waals surface area contributed by atoms with Gasteiger partial charge in [0.25, 0.3) is 0 Å². The molecular formula is C28H38FN3O3. The summed E-state index contributed by atoms with van der Waals surface area (Å²) in [6.45, 7) is 2.03. The van der Waals surface area contributed by atoms with E-state index in [4.69, 9.17) is 4.74 Å². The molecule has 4 saturated carbocycles. The van der Waals surface area contributed by atoms with Gasteiger partial charge in [0.05, 0.1) is 18.2 Å². The molecule has 7 heteroatoms. The number of fused-ring (bicyclic) bond motifs is 6. The molecule has 6 rings (SSSR count). The van der Waals surface area contributed by atoms with Gasteiger partial charge in [-0.3, -0.25) is 4.79 Å². The van der Waals surface area contributed by atoms with Crippen molar-refractivity contribution < 1.29 is 19.0 Å². The van der Waals surface area contributed by atoms with Crippen LogP contribution in [0.2, 0.25) is 0 Å². The summed E-state index contributed by atoms with van der Waals surface area (Å²) in [5, 5.41) is 19.1. The largest absolute Gasteiger partial charge is 0.497 e. The lowest BCUT2D eigenvalue weighted by atomic mass is 9.49. The van der Waals surface area contributed by atoms with Crippen LogP contribution in [0.15, 0.2) is 18.2 Å². The molecule has 2 aromatic rings. The van der Waals surface area contributed by atoms with Gasteiger partial charge in [-0.25, -0.2) is 9.07 Å². The van der Waals surface area contributed by atoms with E-state index in [0.717, 1.165) is 48.9 Å². The normalized spacial score (nSPS) is 40.7. The van der Waals surface area contributed by atoms with Crippen LogP contribution < -0.4 is 4.74 Å². The molecule has 1 N–H and O–H groups in total. The van der Waals surface area contributed by atoms with Gasteiger partial charge in [0.2, 0.25) is 0 Å². The van der Waals surface area contributed by atoms with Crippen molar-refractivity contribution in [3.63, 3.8) is 0 Å². The standard InChI is InChI=1S/C28H38FN3O3/c1-27-11-9-20-19-10-12-28(34,16-29)14-17(19)3-5-21(20)22(27)6-7-23(27)26(33)15-32-25-13-18(35-2)4-8-24(25)30-31-32/h4,8,13,17,19-23,34H,3,5-7,9-12,14-16H2,1-2H3/t17-,19-,20+,21+,22-,23+,27-,28+/m0/s1. The van der Waals surface area contributed by atoms with Gasteiger partial charge < -0.3 is 9.84 Å². The number of methoxy groups -OCH3 is 1. The number of aliphatic hydroxyl groups is 1. The Kier molecular flexibility index (Phi) is 5.70. The maximum absolute atomic E-state index is 13.7. The summed E-state index contributed by atoms with van der Waals surface area (Å²) in [6, 6.07) is 5.65. The highest BCUT2D eigenvalue weighted by Crippen LogP contribution is 2.64. The fraction of sp³-hybridized carbons (Fsp3) is 0.750. The molecule has 190 valence electrons. The SMILES string of the molecule is COc1ccc2nnn(CC(=O)[C@H]3CC[C@H]4[C@@H]5CC[C@H]6C[C@@](O)(CF)CC[C@@H]6[C@H]5CC[C@]34C)c2c1. The number of ketones is 1. The number of halogens is 1. The van der Waals surface area contributed by atoms with Crippen LogP contribution in [0.3, 0.4) is 0 Å². The fourth-order valence-electron chi connectivity index (χ4n) is 9.06. The first kappa shape index (κ1) is 23.4. The molecule has 1 aromatic heterocycles. The van der Waals surface area contributed by atoms with Crippen molar-refractivity contribution in [2.45, 2.75) is 76.9 Å². The number of rotatable bonds is 5. The number of carbonyl (C=O) groups excluding carboxylic acids is 1. The van der Waals surface area contributed by atoms with Gasteiger partial charge in [0, 0.05) is 12.0 Å². The smallest absolute Gasteiger partial charge is 0.157 e. The lowest BCUT2D eigenvalue weighted by Crippen LogP contribution is -2.52. The molecule has 0 amide bonds. The van der Waals surface area contributed by atoms with E-state index in [1.807, 2.05) is 18.2 Å². The van der Waals surface area contributed by atoms with E-state index in [2.05, 4.69) is 17.2 Å². The molecule has 4 aliphatic carbocycles. The van der Waals surface area contributed by atoms with Crippen LogP contribution in [0, 0.1) is 40.9 Å². The van der Waals surface area contributed by atoms with E-state index >= 15 is 0 Å². The summed E-state index contributed by atoms with van der Waals surface area (Å²) in [6.07, 6.45) is 8.83. The average Bonchev–Trinajstić information content (AvgIpc) is 3.43. The monoisotopic (exact) mass is 483 g/mol. The molecule has 4 aliphatic rings. The first-order chi connectivity index (χ1) is 16.8. The van der Waals surface area contributed by atoms with Crippen LogP contribution >= 0.6 is 0 Å². The minimum absolute atomic E-state index is 0.0491. The van der Waals surface area contributed by atoms with Gasteiger partial charge in [0.15, 0.2) is 5.78 Å². The van der Waals surface area contributed by atoms with Gasteiger partial charge in [-0.1, -0.05) is 12.1 Å². The maximum Gasteiger partial charge on any atom is 0.157 e. The maximum atomic E-state index is 13.7. The Morgan fingerprint density at radius 2 is 1.97 bits per heavy atom. The van der Waals surface area contributed by atoms with Crippen LogP contribution in [0.4, 0.5) is 4.39 Å². The van der Waals surface area contributed by atoms with Crippen molar-refractivity contribution in [2.75, 3.05) is 13.8 Å². The molecule has 4 fully saturated rings. The summed E-state index contributed by atoms with van der Waals surface area (Å²) in [7, 11) is 1.64. The van der Waals surface area contributed by atoms with E-state index in [1.165, 1.54) is 12.8 Å². The zero-order valence-electron chi connectivity index (χ0n) is 21.0. The van der Waals surface area contributed by atoms with E-state index in [9.17, 15) is 14.3 Å². The highest BCUT2D eigenvalue weighted by molar-refractivity contribution is 5.84. The molecule has 8 atom stereocenters. The zero-order chi connectivity index (χ0) is 24.4. The van der Waals surface area contributed by atoms with Crippen LogP contribution in [0.1, 0.15) is 64.7 Å². The number of ether oxygens (including phenoxy) is 1. The van der Waals surface area contributed by atoms with Crippen molar-refractivity contribution in [1.29, 1.82) is 0 Å². The van der Waals surface area contributed by atoms with Crippen LogP contribution in [0.5, 0.6) is 5.75 Å². The molecule has 0 unspecified atom stereocenters. The van der Waals surface area contributed by atoms with Crippen molar-refractivity contribution in [1.82, 2.24) is 15.0 Å². The summed E-state index contributed by atoms with van der Waals surface area (Å²) < 4.78 is 20.6. The molecule has 6 nitrogen and oxygen atoms in total. The van der Waals surface area contributed by atoms with Gasteiger partial charge in [0.1, 0.15) is 24.5 Å². The van der Waals surface area contributed by atoms with Crippen molar-refractivity contribution >= 4 is 16.8 Å². The highest BCUT2D eigenvalue weighted by atomic mass is 19.1. The number of nitrogens with zero attached hydrogens (tertiary/aromatic N) is 3. The third-order valence-electron chi connectivity index (χ3n) is 10.8. The van der Waals surface area contributed by atoms with Gasteiger partial charge in [-0.05, 0) is 105 Å². The third kappa shape index (κ3) is 3.71. The Bertz CT molecular complexity index is 1120. The van der Waals surface area contributed by atoms with Crippen LogP contribution in [0.25, 0.3) is 11.0 Å². The summed E-state index contributed by atoms with van der Waals surface area (Å²) in [5.74, 6) is 4.11. The Morgan fingerprint density at radius 1 is 1.14 bits per heavy atom. The molecule has 0 spiro atoms. The Balaban J connectivity index is 1.18. The van der Waals surface area contributed by atoms with Gasteiger partial charge in [-0.15, -0.1) is 5.10 Å². The minimum Gasteiger partial charge on any atom is -0.497 e. The minimum atomic E-state index is -1.09. The Hall–Kier alpha value is -2.02. The lowest BCUT2D eigenvalue weighted by molar-refractivity contribution is -0.134. The second-order valence-corrected chi connectivity index (χ2v) is 12.3. The predicted octanol–water partition coefficient (Wildman–Crippen LogP) is 4.98. The molecule has 35 heavy (non-hydrogen) atoms. The number of hydrogen-bond acceptors (Lipinski definition) is 5. The van der Waals surface area contributed by atoms with E-state index in [0.29, 0.717) is 42.4 Å². The van der Waals surface area contributed by atoms with Crippen LogP contribution in [-0.2, 0) is 11.3 Å². The number of aromatic nitrogens is 3.